The summed E-state index contributed by atoms with van der Waals surface area (Å²) < 4.78 is 0. The highest BCUT2D eigenvalue weighted by atomic mass is 16.1. The highest BCUT2D eigenvalue weighted by Gasteiger charge is 2.16. The lowest BCUT2D eigenvalue weighted by atomic mass is 9.92. The second kappa shape index (κ2) is 4.15. The van der Waals surface area contributed by atoms with E-state index in [2.05, 4.69) is 11.2 Å². The Morgan fingerprint density at radius 2 is 2.08 bits per heavy atom. The molecule has 0 saturated heterocycles. The van der Waals surface area contributed by atoms with Crippen LogP contribution in [0.2, 0.25) is 0 Å². The molecule has 0 aliphatic carbocycles. The smallest absolute Gasteiger partial charge is 0.221 e. The molecule has 12 heavy (non-hydrogen) atoms. The van der Waals surface area contributed by atoms with E-state index in [0.717, 1.165) is 0 Å². The standard InChI is InChI=1S/C10H17NO/c1-6-8(2)11-9(12)7-10(3,4)5/h1,8H,7H2,2-5H3,(H,11,12). The van der Waals surface area contributed by atoms with Crippen molar-refractivity contribution in [3.05, 3.63) is 0 Å². The lowest BCUT2D eigenvalue weighted by molar-refractivity contribution is -0.123. The highest BCUT2D eigenvalue weighted by molar-refractivity contribution is 5.77. The molecule has 0 spiro atoms. The Kier molecular flexibility index (Phi) is 3.82. The maximum Gasteiger partial charge on any atom is 0.221 e. The van der Waals surface area contributed by atoms with Gasteiger partial charge in [-0.25, -0.2) is 0 Å². The van der Waals surface area contributed by atoms with Crippen LogP contribution in [0.4, 0.5) is 0 Å². The quantitative estimate of drug-likeness (QED) is 0.621. The molecule has 0 heterocycles. The first-order valence-electron chi connectivity index (χ1n) is 4.10. The van der Waals surface area contributed by atoms with Gasteiger partial charge in [0.2, 0.25) is 5.91 Å². The fourth-order valence-electron chi connectivity index (χ4n) is 0.816. The van der Waals surface area contributed by atoms with Gasteiger partial charge in [0, 0.05) is 6.42 Å². The zero-order valence-electron chi connectivity index (χ0n) is 8.27. The second-order valence-corrected chi connectivity index (χ2v) is 4.19. The minimum absolute atomic E-state index is 0.0213. The number of carbonyl (C=O) groups is 1. The number of terminal acetylenes is 1. The van der Waals surface area contributed by atoms with E-state index < -0.39 is 0 Å². The molecule has 2 nitrogen and oxygen atoms in total. The first-order chi connectivity index (χ1) is 5.35. The van der Waals surface area contributed by atoms with Gasteiger partial charge in [-0.15, -0.1) is 6.42 Å². The summed E-state index contributed by atoms with van der Waals surface area (Å²) in [5.74, 6) is 2.47. The second-order valence-electron chi connectivity index (χ2n) is 4.19. The highest BCUT2D eigenvalue weighted by Crippen LogP contribution is 2.17. The molecule has 0 aromatic rings. The van der Waals surface area contributed by atoms with Crippen LogP contribution < -0.4 is 5.32 Å². The third-order valence-corrected chi connectivity index (χ3v) is 1.32. The van der Waals surface area contributed by atoms with Crippen molar-refractivity contribution in [3.8, 4) is 12.3 Å². The molecule has 0 bridgehead atoms. The number of amides is 1. The summed E-state index contributed by atoms with van der Waals surface area (Å²) in [6, 6.07) is -0.167. The predicted octanol–water partition coefficient (Wildman–Crippen LogP) is 1.56. The number of nitrogens with one attached hydrogen (secondary N) is 1. The molecular weight excluding hydrogens is 150 g/mol. The lowest BCUT2D eigenvalue weighted by Crippen LogP contribution is -2.33. The molecule has 0 aromatic heterocycles. The van der Waals surface area contributed by atoms with Gasteiger partial charge in [0.1, 0.15) is 0 Å². The topological polar surface area (TPSA) is 29.1 Å². The molecule has 0 aliphatic rings. The lowest BCUT2D eigenvalue weighted by Gasteiger charge is -2.18. The van der Waals surface area contributed by atoms with E-state index in [4.69, 9.17) is 6.42 Å². The summed E-state index contributed by atoms with van der Waals surface area (Å²) >= 11 is 0. The Hall–Kier alpha value is -0.970. The molecule has 2 heteroatoms. The Bertz CT molecular complexity index is 195. The third-order valence-electron chi connectivity index (χ3n) is 1.32. The van der Waals surface area contributed by atoms with E-state index in [-0.39, 0.29) is 17.4 Å². The van der Waals surface area contributed by atoms with E-state index in [1.54, 1.807) is 6.92 Å². The summed E-state index contributed by atoms with van der Waals surface area (Å²) in [6.07, 6.45) is 5.63. The van der Waals surface area contributed by atoms with Crippen LogP contribution in [0.15, 0.2) is 0 Å². The average molecular weight is 167 g/mol. The van der Waals surface area contributed by atoms with E-state index in [1.165, 1.54) is 0 Å². The average Bonchev–Trinajstić information content (AvgIpc) is 1.82. The molecule has 0 radical (unpaired) electrons. The molecule has 0 saturated carbocycles. The largest absolute Gasteiger partial charge is 0.343 e. The Labute approximate surface area is 74.7 Å². The SMILES string of the molecule is C#CC(C)NC(=O)CC(C)(C)C. The van der Waals surface area contributed by atoms with Gasteiger partial charge in [0.25, 0.3) is 0 Å². The summed E-state index contributed by atoms with van der Waals surface area (Å²) in [4.78, 5) is 11.2. The minimum Gasteiger partial charge on any atom is -0.343 e. The summed E-state index contributed by atoms with van der Waals surface area (Å²) in [6.45, 7) is 7.86. The zero-order chi connectivity index (χ0) is 9.78. The van der Waals surface area contributed by atoms with Gasteiger partial charge in [0.05, 0.1) is 6.04 Å². The van der Waals surface area contributed by atoms with Gasteiger partial charge in [0.15, 0.2) is 0 Å². The van der Waals surface area contributed by atoms with Crippen molar-refractivity contribution >= 4 is 5.91 Å². The van der Waals surface area contributed by atoms with Crippen LogP contribution in [0.25, 0.3) is 0 Å². The van der Waals surface area contributed by atoms with E-state index >= 15 is 0 Å². The molecule has 68 valence electrons. The maximum absolute atomic E-state index is 11.2. The summed E-state index contributed by atoms with van der Waals surface area (Å²) in [5, 5.41) is 2.71. The summed E-state index contributed by atoms with van der Waals surface area (Å²) in [7, 11) is 0. The Balaban J connectivity index is 3.85. The fourth-order valence-corrected chi connectivity index (χ4v) is 0.816. The van der Waals surface area contributed by atoms with Crippen LogP contribution in [-0.2, 0) is 4.79 Å². The number of carbonyl (C=O) groups excluding carboxylic acids is 1. The van der Waals surface area contributed by atoms with Crippen LogP contribution in [0.5, 0.6) is 0 Å². The van der Waals surface area contributed by atoms with E-state index in [0.29, 0.717) is 6.42 Å². The third kappa shape index (κ3) is 5.79. The number of hydrogen-bond donors (Lipinski definition) is 1. The molecular formula is C10H17NO. The van der Waals surface area contributed by atoms with Crippen molar-refractivity contribution in [2.24, 2.45) is 5.41 Å². The van der Waals surface area contributed by atoms with Gasteiger partial charge < -0.3 is 5.32 Å². The van der Waals surface area contributed by atoms with E-state index in [1.807, 2.05) is 20.8 Å². The van der Waals surface area contributed by atoms with Crippen molar-refractivity contribution in [1.29, 1.82) is 0 Å². The molecule has 1 atom stereocenters. The molecule has 0 rings (SSSR count). The van der Waals surface area contributed by atoms with Crippen LogP contribution in [0, 0.1) is 17.8 Å². The molecule has 1 unspecified atom stereocenters. The van der Waals surface area contributed by atoms with Gasteiger partial charge in [-0.05, 0) is 12.3 Å². The first-order valence-corrected chi connectivity index (χ1v) is 4.10. The number of hydrogen-bond acceptors (Lipinski definition) is 1. The van der Waals surface area contributed by atoms with Crippen LogP contribution in [0.3, 0.4) is 0 Å². The summed E-state index contributed by atoms with van der Waals surface area (Å²) in [5.41, 5.74) is 0.0262. The first kappa shape index (κ1) is 11.0. The predicted molar refractivity (Wildman–Crippen MR) is 50.5 cm³/mol. The molecule has 0 aliphatic heterocycles. The van der Waals surface area contributed by atoms with Crippen LogP contribution in [0.1, 0.15) is 34.1 Å². The fraction of sp³-hybridized carbons (Fsp3) is 0.700. The van der Waals surface area contributed by atoms with Gasteiger partial charge in [-0.2, -0.15) is 0 Å². The Morgan fingerprint density at radius 1 is 1.58 bits per heavy atom. The molecule has 0 fully saturated rings. The van der Waals surface area contributed by atoms with Crippen LogP contribution >= 0.6 is 0 Å². The molecule has 0 aromatic carbocycles. The van der Waals surface area contributed by atoms with Gasteiger partial charge in [-0.1, -0.05) is 26.7 Å². The normalized spacial score (nSPS) is 13.2. The van der Waals surface area contributed by atoms with Gasteiger partial charge in [-0.3, -0.25) is 4.79 Å². The van der Waals surface area contributed by atoms with Crippen molar-refractivity contribution in [2.75, 3.05) is 0 Å². The van der Waals surface area contributed by atoms with Crippen molar-refractivity contribution in [2.45, 2.75) is 40.2 Å². The number of rotatable bonds is 2. The van der Waals surface area contributed by atoms with Crippen molar-refractivity contribution < 1.29 is 4.79 Å². The van der Waals surface area contributed by atoms with Gasteiger partial charge >= 0.3 is 0 Å². The minimum atomic E-state index is -0.167. The maximum atomic E-state index is 11.2. The van der Waals surface area contributed by atoms with Crippen molar-refractivity contribution in [3.63, 3.8) is 0 Å². The van der Waals surface area contributed by atoms with E-state index in [9.17, 15) is 4.79 Å². The molecule has 1 N–H and O–H groups in total. The zero-order valence-corrected chi connectivity index (χ0v) is 8.27. The van der Waals surface area contributed by atoms with Crippen LogP contribution in [-0.4, -0.2) is 11.9 Å². The Morgan fingerprint density at radius 3 is 2.42 bits per heavy atom. The molecule has 1 amide bonds. The van der Waals surface area contributed by atoms with Crippen molar-refractivity contribution in [1.82, 2.24) is 5.32 Å². The monoisotopic (exact) mass is 167 g/mol.